The summed E-state index contributed by atoms with van der Waals surface area (Å²) in [6.07, 6.45) is 3.34. The largest absolute Gasteiger partial charge is 0.497 e. The number of benzene rings is 2. The van der Waals surface area contributed by atoms with E-state index in [-0.39, 0.29) is 16.8 Å². The van der Waals surface area contributed by atoms with Crippen molar-refractivity contribution in [2.75, 3.05) is 20.2 Å². The number of methoxy groups -OCH3 is 1. The minimum Gasteiger partial charge on any atom is -0.497 e. The van der Waals surface area contributed by atoms with Gasteiger partial charge in [0.15, 0.2) is 0 Å². The number of ether oxygens (including phenoxy) is 1. The number of carbonyl (C=O) groups excluding carboxylic acids is 1. The summed E-state index contributed by atoms with van der Waals surface area (Å²) < 4.78 is 33.6. The van der Waals surface area contributed by atoms with Crippen LogP contribution in [0.25, 0.3) is 0 Å². The van der Waals surface area contributed by atoms with Gasteiger partial charge < -0.3 is 9.64 Å². The van der Waals surface area contributed by atoms with E-state index < -0.39 is 10.0 Å². The second kappa shape index (κ2) is 9.52. The molecule has 0 bridgehead atoms. The summed E-state index contributed by atoms with van der Waals surface area (Å²) in [5.74, 6) is 0.694. The summed E-state index contributed by atoms with van der Waals surface area (Å²) >= 11 is 1.68. The van der Waals surface area contributed by atoms with Crippen LogP contribution in [-0.2, 0) is 29.4 Å². The Morgan fingerprint density at radius 1 is 1.12 bits per heavy atom. The van der Waals surface area contributed by atoms with Crippen molar-refractivity contribution in [3.8, 4) is 5.75 Å². The third-order valence-corrected chi connectivity index (χ3v) is 9.60. The van der Waals surface area contributed by atoms with Gasteiger partial charge in [-0.1, -0.05) is 18.2 Å². The van der Waals surface area contributed by atoms with Gasteiger partial charge in [-0.15, -0.1) is 11.3 Å². The first-order chi connectivity index (χ1) is 16.5. The normalized spacial score (nSPS) is 18.6. The van der Waals surface area contributed by atoms with Crippen LogP contribution < -0.4 is 4.74 Å². The van der Waals surface area contributed by atoms with E-state index in [1.807, 2.05) is 40.6 Å². The summed E-state index contributed by atoms with van der Waals surface area (Å²) in [6, 6.07) is 16.5. The van der Waals surface area contributed by atoms with E-state index in [4.69, 9.17) is 4.74 Å². The van der Waals surface area contributed by atoms with Gasteiger partial charge in [0.05, 0.1) is 12.0 Å². The van der Waals surface area contributed by atoms with Gasteiger partial charge in [0, 0.05) is 36.1 Å². The fourth-order valence-electron chi connectivity index (χ4n) is 4.92. The summed E-state index contributed by atoms with van der Waals surface area (Å²) in [5, 5.41) is 2.01. The SMILES string of the molecule is COc1cccc(CC2CCCN2C(=O)c2cccc(S(=O)(=O)N3CCc4sccc4C3)c2)c1. The maximum absolute atomic E-state index is 13.4. The molecule has 3 heterocycles. The first-order valence-corrected chi connectivity index (χ1v) is 13.9. The van der Waals surface area contributed by atoms with Crippen molar-refractivity contribution >= 4 is 27.3 Å². The van der Waals surface area contributed by atoms with Gasteiger partial charge in [-0.25, -0.2) is 8.42 Å². The molecule has 1 amide bonds. The van der Waals surface area contributed by atoms with Crippen LogP contribution in [0.4, 0.5) is 0 Å². The van der Waals surface area contributed by atoms with E-state index in [0.717, 1.165) is 42.6 Å². The molecule has 8 heteroatoms. The number of hydrogen-bond acceptors (Lipinski definition) is 5. The van der Waals surface area contributed by atoms with Crippen molar-refractivity contribution in [2.24, 2.45) is 0 Å². The first kappa shape index (κ1) is 23.1. The fraction of sp³-hybridized carbons (Fsp3) is 0.346. The average molecular weight is 497 g/mol. The predicted octanol–water partition coefficient (Wildman–Crippen LogP) is 4.35. The molecule has 1 fully saturated rings. The zero-order chi connectivity index (χ0) is 23.7. The molecule has 3 aromatic rings. The number of sulfonamides is 1. The van der Waals surface area contributed by atoms with Gasteiger partial charge in [0.1, 0.15) is 5.75 Å². The van der Waals surface area contributed by atoms with E-state index in [1.54, 1.807) is 42.7 Å². The molecule has 5 rings (SSSR count). The third kappa shape index (κ3) is 4.50. The molecule has 1 unspecified atom stereocenters. The van der Waals surface area contributed by atoms with Crippen molar-refractivity contribution in [3.05, 3.63) is 81.5 Å². The lowest BCUT2D eigenvalue weighted by Gasteiger charge is -2.27. The number of likely N-dealkylation sites (tertiary alicyclic amines) is 1. The second-order valence-electron chi connectivity index (χ2n) is 8.84. The van der Waals surface area contributed by atoms with Crippen LogP contribution in [0.1, 0.15) is 39.2 Å². The Labute approximate surface area is 204 Å². The van der Waals surface area contributed by atoms with Crippen LogP contribution in [0.15, 0.2) is 64.9 Å². The minimum absolute atomic E-state index is 0.0824. The zero-order valence-electron chi connectivity index (χ0n) is 19.1. The molecule has 0 aliphatic carbocycles. The second-order valence-corrected chi connectivity index (χ2v) is 11.8. The number of carbonyl (C=O) groups is 1. The van der Waals surface area contributed by atoms with E-state index in [9.17, 15) is 13.2 Å². The lowest BCUT2D eigenvalue weighted by atomic mass is 10.0. The number of fused-ring (bicyclic) bond motifs is 1. The van der Waals surface area contributed by atoms with Crippen molar-refractivity contribution in [2.45, 2.75) is 43.2 Å². The predicted molar refractivity (Wildman–Crippen MR) is 133 cm³/mol. The highest BCUT2D eigenvalue weighted by molar-refractivity contribution is 7.89. The van der Waals surface area contributed by atoms with Crippen LogP contribution in [0.2, 0.25) is 0 Å². The summed E-state index contributed by atoms with van der Waals surface area (Å²) in [5.41, 5.74) is 2.62. The van der Waals surface area contributed by atoms with Crippen molar-refractivity contribution in [3.63, 3.8) is 0 Å². The molecule has 0 saturated carbocycles. The minimum atomic E-state index is -3.68. The molecule has 2 aromatic carbocycles. The molecule has 0 N–H and O–H groups in total. The van der Waals surface area contributed by atoms with Crippen molar-refractivity contribution in [1.29, 1.82) is 0 Å². The van der Waals surface area contributed by atoms with E-state index >= 15 is 0 Å². The van der Waals surface area contributed by atoms with Gasteiger partial charge in [-0.2, -0.15) is 4.31 Å². The van der Waals surface area contributed by atoms with Gasteiger partial charge in [0.25, 0.3) is 5.91 Å². The number of thiophene rings is 1. The van der Waals surface area contributed by atoms with Gasteiger partial charge >= 0.3 is 0 Å². The summed E-state index contributed by atoms with van der Waals surface area (Å²) in [4.78, 5) is 16.8. The maximum Gasteiger partial charge on any atom is 0.254 e. The molecule has 6 nitrogen and oxygen atoms in total. The molecule has 34 heavy (non-hydrogen) atoms. The topological polar surface area (TPSA) is 66.9 Å². The third-order valence-electron chi connectivity index (χ3n) is 6.73. The fourth-order valence-corrected chi connectivity index (χ4v) is 7.27. The first-order valence-electron chi connectivity index (χ1n) is 11.5. The molecule has 2 aliphatic heterocycles. The van der Waals surface area contributed by atoms with Crippen LogP contribution in [0.5, 0.6) is 5.75 Å². The highest BCUT2D eigenvalue weighted by Gasteiger charge is 2.32. The summed E-state index contributed by atoms with van der Waals surface area (Å²) in [6.45, 7) is 1.52. The Kier molecular flexibility index (Phi) is 6.46. The standard InChI is InChI=1S/C26H28N2O4S2/c1-32-23-8-2-5-19(16-23)15-22-7-4-12-28(22)26(29)20-6-3-9-24(17-20)34(30,31)27-13-10-25-21(18-27)11-14-33-25/h2-3,5-6,8-9,11,14,16-17,22H,4,7,10,12-13,15,18H2,1H3. The Hall–Kier alpha value is -2.68. The van der Waals surface area contributed by atoms with Crippen LogP contribution in [0.3, 0.4) is 0 Å². The number of nitrogens with zero attached hydrogens (tertiary/aromatic N) is 2. The van der Waals surface area contributed by atoms with E-state index in [1.165, 1.54) is 9.18 Å². The highest BCUT2D eigenvalue weighted by atomic mass is 32.2. The average Bonchev–Trinajstić information content (AvgIpc) is 3.52. The Bertz CT molecular complexity index is 1300. The van der Waals surface area contributed by atoms with Gasteiger partial charge in [0.2, 0.25) is 10.0 Å². The number of rotatable bonds is 6. The lowest BCUT2D eigenvalue weighted by Crippen LogP contribution is -2.37. The van der Waals surface area contributed by atoms with E-state index in [2.05, 4.69) is 0 Å². The number of amides is 1. The quantitative estimate of drug-likeness (QED) is 0.509. The monoisotopic (exact) mass is 496 g/mol. The molecular weight excluding hydrogens is 468 g/mol. The molecule has 1 saturated heterocycles. The van der Waals surface area contributed by atoms with Crippen molar-refractivity contribution < 1.29 is 17.9 Å². The van der Waals surface area contributed by atoms with Crippen LogP contribution >= 0.6 is 11.3 Å². The van der Waals surface area contributed by atoms with Crippen LogP contribution in [-0.4, -0.2) is 49.8 Å². The molecule has 178 valence electrons. The van der Waals surface area contributed by atoms with Crippen molar-refractivity contribution in [1.82, 2.24) is 9.21 Å². The molecular formula is C26H28N2O4S2. The molecule has 1 atom stereocenters. The smallest absolute Gasteiger partial charge is 0.254 e. The lowest BCUT2D eigenvalue weighted by molar-refractivity contribution is 0.0736. The Morgan fingerprint density at radius 2 is 1.97 bits per heavy atom. The van der Waals surface area contributed by atoms with Gasteiger partial charge in [-0.3, -0.25) is 4.79 Å². The summed E-state index contributed by atoms with van der Waals surface area (Å²) in [7, 11) is -2.03. The van der Waals surface area contributed by atoms with E-state index in [0.29, 0.717) is 25.2 Å². The molecule has 2 aliphatic rings. The Morgan fingerprint density at radius 3 is 2.82 bits per heavy atom. The maximum atomic E-state index is 13.4. The number of hydrogen-bond donors (Lipinski definition) is 0. The molecule has 1 aromatic heterocycles. The zero-order valence-corrected chi connectivity index (χ0v) is 20.8. The molecule has 0 radical (unpaired) electrons. The highest BCUT2D eigenvalue weighted by Crippen LogP contribution is 2.29. The van der Waals surface area contributed by atoms with Gasteiger partial charge in [-0.05, 0) is 78.6 Å². The molecule has 0 spiro atoms. The van der Waals surface area contributed by atoms with Crippen LogP contribution in [0, 0.1) is 0 Å². The Balaban J connectivity index is 1.34.